The average Bonchev–Trinajstić information content (AvgIpc) is 2.95. The molecule has 0 radical (unpaired) electrons. The Bertz CT molecular complexity index is 1120. The molecule has 4 amide bonds. The Hall–Kier alpha value is -3.92. The number of amides is 4. The molecule has 0 bridgehead atoms. The lowest BCUT2D eigenvalue weighted by Crippen LogP contribution is -2.53. The van der Waals surface area contributed by atoms with Crippen molar-refractivity contribution in [3.63, 3.8) is 0 Å². The van der Waals surface area contributed by atoms with Gasteiger partial charge >= 0.3 is 0 Å². The van der Waals surface area contributed by atoms with Gasteiger partial charge in [0.25, 0.3) is 0 Å². The quantitative estimate of drug-likeness (QED) is 0.234. The van der Waals surface area contributed by atoms with E-state index in [0.717, 1.165) is 11.1 Å². The van der Waals surface area contributed by atoms with Gasteiger partial charge in [0.2, 0.25) is 23.6 Å². The molecule has 39 heavy (non-hydrogen) atoms. The summed E-state index contributed by atoms with van der Waals surface area (Å²) in [6, 6.07) is 12.8. The molecular weight excluding hydrogens is 498 g/mol. The third-order valence-electron chi connectivity index (χ3n) is 6.74. The van der Waals surface area contributed by atoms with Gasteiger partial charge in [0, 0.05) is 13.0 Å². The molecule has 1 aliphatic rings. The van der Waals surface area contributed by atoms with Crippen LogP contribution in [0.5, 0.6) is 5.75 Å². The fourth-order valence-corrected chi connectivity index (χ4v) is 4.45. The van der Waals surface area contributed by atoms with Gasteiger partial charge in [0.15, 0.2) is 0 Å². The molecule has 0 aromatic heterocycles. The molecule has 2 aromatic carbocycles. The van der Waals surface area contributed by atoms with Gasteiger partial charge in [-0.15, -0.1) is 0 Å². The molecule has 7 N–H and O–H groups in total. The normalized spacial score (nSPS) is 20.6. The van der Waals surface area contributed by atoms with Crippen molar-refractivity contribution < 1.29 is 24.3 Å². The van der Waals surface area contributed by atoms with Crippen LogP contribution < -0.4 is 27.0 Å². The lowest BCUT2D eigenvalue weighted by Gasteiger charge is -2.23. The fraction of sp³-hybridized carbons (Fsp3) is 0.448. The Kier molecular flexibility index (Phi) is 10.9. The second-order valence-electron chi connectivity index (χ2n) is 10.3. The lowest BCUT2D eigenvalue weighted by atomic mass is 10.0. The number of rotatable bonds is 11. The second kappa shape index (κ2) is 14.3. The first-order chi connectivity index (χ1) is 18.6. The van der Waals surface area contributed by atoms with Crippen LogP contribution in [0.4, 0.5) is 0 Å². The predicted octanol–water partition coefficient (Wildman–Crippen LogP) is 0.915. The van der Waals surface area contributed by atoms with E-state index in [1.165, 1.54) is 0 Å². The Morgan fingerprint density at radius 1 is 0.872 bits per heavy atom. The maximum atomic E-state index is 13.1. The number of phenols is 1. The van der Waals surface area contributed by atoms with E-state index in [1.54, 1.807) is 24.3 Å². The summed E-state index contributed by atoms with van der Waals surface area (Å²) in [6.45, 7) is 4.05. The molecule has 10 heteroatoms. The molecule has 210 valence electrons. The standard InChI is InChI=1S/C29H39N5O5/c1-18(2)25-29(39)32-23(27(37)33-24(28(38)34-25)17-19-8-4-3-5-9-19)10-6-7-15-31-26(36)22(30)16-20-11-13-21(35)14-12-20/h3-5,8-9,11-14,18,22-25,35H,6-7,10,15-17,30H2,1-2H3,(H,31,36)(H,32,39)(H,33,37)(H,34,38)/t22-,23+,24-,25-/m0/s1. The second-order valence-corrected chi connectivity index (χ2v) is 10.3. The van der Waals surface area contributed by atoms with Crippen molar-refractivity contribution in [2.45, 2.75) is 70.1 Å². The van der Waals surface area contributed by atoms with Gasteiger partial charge in [-0.2, -0.15) is 0 Å². The molecule has 1 aliphatic heterocycles. The summed E-state index contributed by atoms with van der Waals surface area (Å²) in [5.41, 5.74) is 7.75. The molecule has 2 aromatic rings. The number of nitrogens with one attached hydrogen (secondary N) is 4. The van der Waals surface area contributed by atoms with Gasteiger partial charge in [0.1, 0.15) is 23.9 Å². The Labute approximate surface area is 229 Å². The van der Waals surface area contributed by atoms with Crippen LogP contribution in [0.15, 0.2) is 54.6 Å². The number of unbranched alkanes of at least 4 members (excludes halogenated alkanes) is 1. The molecular formula is C29H39N5O5. The van der Waals surface area contributed by atoms with Crippen molar-refractivity contribution in [1.29, 1.82) is 0 Å². The Morgan fingerprint density at radius 3 is 2.18 bits per heavy atom. The number of hydrogen-bond donors (Lipinski definition) is 6. The first-order valence-electron chi connectivity index (χ1n) is 13.4. The Morgan fingerprint density at radius 2 is 1.51 bits per heavy atom. The SMILES string of the molecule is CC(C)[C@@H]1NC(=O)[C@H](Cc2ccccc2)NC(=O)[C@@H](CCCCNC(=O)[C@@H](N)Cc2ccc(O)cc2)NC1=O. The molecule has 4 atom stereocenters. The van der Waals surface area contributed by atoms with Gasteiger partial charge in [0.05, 0.1) is 6.04 Å². The van der Waals surface area contributed by atoms with E-state index in [1.807, 2.05) is 44.2 Å². The largest absolute Gasteiger partial charge is 0.508 e. The smallest absolute Gasteiger partial charge is 0.243 e. The summed E-state index contributed by atoms with van der Waals surface area (Å²) in [4.78, 5) is 51.5. The minimum absolute atomic E-state index is 0.149. The van der Waals surface area contributed by atoms with Crippen LogP contribution >= 0.6 is 0 Å². The summed E-state index contributed by atoms with van der Waals surface area (Å²) in [5, 5.41) is 20.6. The molecule has 0 aliphatic carbocycles. The van der Waals surface area contributed by atoms with Gasteiger partial charge in [-0.3, -0.25) is 19.2 Å². The van der Waals surface area contributed by atoms with E-state index >= 15 is 0 Å². The highest BCUT2D eigenvalue weighted by molar-refractivity contribution is 5.97. The number of phenolic OH excluding ortho intramolecular Hbond substituents is 1. The van der Waals surface area contributed by atoms with Crippen LogP contribution in [-0.4, -0.2) is 59.4 Å². The maximum absolute atomic E-state index is 13.1. The Balaban J connectivity index is 1.54. The van der Waals surface area contributed by atoms with Crippen LogP contribution in [0.3, 0.4) is 0 Å². The van der Waals surface area contributed by atoms with Crippen molar-refractivity contribution in [3.05, 3.63) is 65.7 Å². The minimum atomic E-state index is -0.814. The van der Waals surface area contributed by atoms with E-state index in [9.17, 15) is 24.3 Å². The molecule has 1 heterocycles. The summed E-state index contributed by atoms with van der Waals surface area (Å²) >= 11 is 0. The highest BCUT2D eigenvalue weighted by atomic mass is 16.3. The van der Waals surface area contributed by atoms with Gasteiger partial charge < -0.3 is 32.1 Å². The van der Waals surface area contributed by atoms with Crippen molar-refractivity contribution >= 4 is 23.6 Å². The van der Waals surface area contributed by atoms with E-state index in [4.69, 9.17) is 5.73 Å². The van der Waals surface area contributed by atoms with Gasteiger partial charge in [-0.05, 0) is 54.9 Å². The number of benzene rings is 2. The summed E-state index contributed by atoms with van der Waals surface area (Å²) in [5.74, 6) is -1.51. The molecule has 1 saturated heterocycles. The van der Waals surface area contributed by atoms with Crippen LogP contribution in [0.2, 0.25) is 0 Å². The molecule has 0 saturated carbocycles. The van der Waals surface area contributed by atoms with Crippen LogP contribution in [0.1, 0.15) is 44.2 Å². The maximum Gasteiger partial charge on any atom is 0.243 e. The van der Waals surface area contributed by atoms with Gasteiger partial charge in [-0.1, -0.05) is 56.3 Å². The number of hydrogen-bond acceptors (Lipinski definition) is 6. The van der Waals surface area contributed by atoms with E-state index in [0.29, 0.717) is 38.6 Å². The van der Waals surface area contributed by atoms with Crippen molar-refractivity contribution in [3.8, 4) is 5.75 Å². The van der Waals surface area contributed by atoms with Crippen molar-refractivity contribution in [1.82, 2.24) is 21.3 Å². The van der Waals surface area contributed by atoms with Crippen LogP contribution in [0, 0.1) is 5.92 Å². The van der Waals surface area contributed by atoms with Crippen LogP contribution in [-0.2, 0) is 32.0 Å². The zero-order valence-corrected chi connectivity index (χ0v) is 22.5. The first kappa shape index (κ1) is 29.6. The molecule has 10 nitrogen and oxygen atoms in total. The molecule has 0 spiro atoms. The first-order valence-corrected chi connectivity index (χ1v) is 13.4. The minimum Gasteiger partial charge on any atom is -0.508 e. The molecule has 0 unspecified atom stereocenters. The number of aromatic hydroxyl groups is 1. The molecule has 1 fully saturated rings. The zero-order valence-electron chi connectivity index (χ0n) is 22.5. The number of carbonyl (C=O) groups excluding carboxylic acids is 4. The topological polar surface area (TPSA) is 163 Å². The third kappa shape index (κ3) is 9.10. The van der Waals surface area contributed by atoms with E-state index in [-0.39, 0.29) is 17.6 Å². The average molecular weight is 538 g/mol. The summed E-state index contributed by atoms with van der Waals surface area (Å²) in [7, 11) is 0. The highest BCUT2D eigenvalue weighted by Gasteiger charge is 2.34. The molecule has 3 rings (SSSR count). The van der Waals surface area contributed by atoms with Crippen LogP contribution in [0.25, 0.3) is 0 Å². The predicted molar refractivity (Wildman–Crippen MR) is 147 cm³/mol. The van der Waals surface area contributed by atoms with E-state index in [2.05, 4.69) is 21.3 Å². The lowest BCUT2D eigenvalue weighted by molar-refractivity contribution is -0.130. The van der Waals surface area contributed by atoms with Gasteiger partial charge in [-0.25, -0.2) is 0 Å². The van der Waals surface area contributed by atoms with Crippen molar-refractivity contribution in [2.24, 2.45) is 11.7 Å². The fourth-order valence-electron chi connectivity index (χ4n) is 4.45. The monoisotopic (exact) mass is 537 g/mol. The van der Waals surface area contributed by atoms with E-state index < -0.39 is 41.9 Å². The third-order valence-corrected chi connectivity index (χ3v) is 6.74. The summed E-state index contributed by atoms with van der Waals surface area (Å²) in [6.07, 6.45) is 2.14. The summed E-state index contributed by atoms with van der Waals surface area (Å²) < 4.78 is 0. The van der Waals surface area contributed by atoms with Crippen molar-refractivity contribution in [2.75, 3.05) is 6.54 Å². The highest BCUT2D eigenvalue weighted by Crippen LogP contribution is 2.12. The number of carbonyl (C=O) groups is 4. The zero-order chi connectivity index (χ0) is 28.4. The number of nitrogens with two attached hydrogens (primary N) is 1.